The van der Waals surface area contributed by atoms with Gasteiger partial charge in [0.1, 0.15) is 5.92 Å². The van der Waals surface area contributed by atoms with Gasteiger partial charge in [-0.25, -0.2) is 0 Å². The zero-order chi connectivity index (χ0) is 11.5. The van der Waals surface area contributed by atoms with Gasteiger partial charge in [-0.3, -0.25) is 9.78 Å². The average molecular weight is 254 g/mol. The van der Waals surface area contributed by atoms with Crippen LogP contribution < -0.4 is 0 Å². The minimum Gasteiger partial charge on any atom is -0.481 e. The highest BCUT2D eigenvalue weighted by molar-refractivity contribution is 7.16. The van der Waals surface area contributed by atoms with Crippen molar-refractivity contribution >= 4 is 28.9 Å². The standard InChI is InChI=1S/C11H8ClNO2S/c12-9-2-1-8(16-9)10(11(14)15)7-3-5-13-6-4-7/h1-6,10H,(H,14,15). The van der Waals surface area contributed by atoms with E-state index in [1.165, 1.54) is 11.3 Å². The third kappa shape index (κ3) is 2.23. The molecule has 0 aliphatic heterocycles. The predicted octanol–water partition coefficient (Wildman–Crippen LogP) is 3.01. The minimum absolute atomic E-state index is 0.593. The quantitative estimate of drug-likeness (QED) is 0.915. The van der Waals surface area contributed by atoms with E-state index in [0.717, 1.165) is 4.88 Å². The normalized spacial score (nSPS) is 12.3. The zero-order valence-electron chi connectivity index (χ0n) is 8.13. The number of carboxylic acids is 1. The smallest absolute Gasteiger partial charge is 0.316 e. The number of nitrogens with zero attached hydrogens (tertiary/aromatic N) is 1. The maximum absolute atomic E-state index is 11.3. The van der Waals surface area contributed by atoms with Gasteiger partial charge < -0.3 is 5.11 Å². The molecule has 0 aromatic carbocycles. The number of aromatic nitrogens is 1. The Morgan fingerprint density at radius 3 is 2.50 bits per heavy atom. The number of thiophene rings is 1. The summed E-state index contributed by atoms with van der Waals surface area (Å²) in [7, 11) is 0. The van der Waals surface area contributed by atoms with Gasteiger partial charge in [-0.1, -0.05) is 11.6 Å². The molecule has 2 aromatic heterocycles. The summed E-state index contributed by atoms with van der Waals surface area (Å²) in [6.45, 7) is 0. The summed E-state index contributed by atoms with van der Waals surface area (Å²) in [4.78, 5) is 15.8. The fourth-order valence-corrected chi connectivity index (χ4v) is 2.65. The molecule has 0 fully saturated rings. The maximum Gasteiger partial charge on any atom is 0.316 e. The highest BCUT2D eigenvalue weighted by Crippen LogP contribution is 2.32. The molecule has 0 aliphatic carbocycles. The molecule has 1 unspecified atom stereocenters. The highest BCUT2D eigenvalue weighted by Gasteiger charge is 2.23. The van der Waals surface area contributed by atoms with Crippen molar-refractivity contribution in [2.24, 2.45) is 0 Å². The van der Waals surface area contributed by atoms with Crippen LogP contribution in [0.2, 0.25) is 4.34 Å². The van der Waals surface area contributed by atoms with Gasteiger partial charge in [-0.15, -0.1) is 11.3 Å². The summed E-state index contributed by atoms with van der Waals surface area (Å²) < 4.78 is 0.593. The summed E-state index contributed by atoms with van der Waals surface area (Å²) in [5, 5.41) is 9.23. The second kappa shape index (κ2) is 4.63. The monoisotopic (exact) mass is 253 g/mol. The topological polar surface area (TPSA) is 50.2 Å². The van der Waals surface area contributed by atoms with Crippen LogP contribution in [0, 0.1) is 0 Å². The lowest BCUT2D eigenvalue weighted by molar-refractivity contribution is -0.137. The molecule has 0 aliphatic rings. The Balaban J connectivity index is 2.43. The maximum atomic E-state index is 11.3. The van der Waals surface area contributed by atoms with Crippen LogP contribution in [0.25, 0.3) is 0 Å². The van der Waals surface area contributed by atoms with Crippen LogP contribution >= 0.6 is 22.9 Å². The molecule has 2 heterocycles. The van der Waals surface area contributed by atoms with E-state index in [9.17, 15) is 9.90 Å². The van der Waals surface area contributed by atoms with Crippen LogP contribution in [0.1, 0.15) is 16.4 Å². The van der Waals surface area contributed by atoms with E-state index in [2.05, 4.69) is 4.98 Å². The van der Waals surface area contributed by atoms with Gasteiger partial charge in [0.05, 0.1) is 4.34 Å². The predicted molar refractivity (Wildman–Crippen MR) is 63.0 cm³/mol. The molecule has 2 rings (SSSR count). The first-order chi connectivity index (χ1) is 7.68. The van der Waals surface area contributed by atoms with Crippen LogP contribution in [0.5, 0.6) is 0 Å². The molecule has 0 bridgehead atoms. The molecule has 0 amide bonds. The van der Waals surface area contributed by atoms with Crippen molar-refractivity contribution in [3.8, 4) is 0 Å². The molecule has 5 heteroatoms. The number of carbonyl (C=O) groups is 1. The molecule has 82 valence electrons. The van der Waals surface area contributed by atoms with Crippen molar-refractivity contribution in [2.75, 3.05) is 0 Å². The number of hydrogen-bond acceptors (Lipinski definition) is 3. The van der Waals surface area contributed by atoms with E-state index < -0.39 is 11.9 Å². The van der Waals surface area contributed by atoms with Gasteiger partial charge in [-0.2, -0.15) is 0 Å². The summed E-state index contributed by atoms with van der Waals surface area (Å²) in [5.41, 5.74) is 0.709. The summed E-state index contributed by atoms with van der Waals surface area (Å²) in [6.07, 6.45) is 3.17. The molecular weight excluding hydrogens is 246 g/mol. The molecule has 16 heavy (non-hydrogen) atoms. The SMILES string of the molecule is O=C(O)C(c1ccncc1)c1ccc(Cl)s1. The average Bonchev–Trinajstić information content (AvgIpc) is 2.66. The lowest BCUT2D eigenvalue weighted by atomic mass is 9.99. The molecule has 1 atom stereocenters. The third-order valence-electron chi connectivity index (χ3n) is 2.16. The van der Waals surface area contributed by atoms with Crippen molar-refractivity contribution in [3.63, 3.8) is 0 Å². The summed E-state index contributed by atoms with van der Waals surface area (Å²) in [5.74, 6) is -1.55. The molecule has 1 N–H and O–H groups in total. The van der Waals surface area contributed by atoms with E-state index >= 15 is 0 Å². The fourth-order valence-electron chi connectivity index (χ4n) is 1.47. The largest absolute Gasteiger partial charge is 0.481 e. The minimum atomic E-state index is -0.885. The number of carboxylic acid groups (broad SMARTS) is 1. The lowest BCUT2D eigenvalue weighted by Gasteiger charge is -2.09. The Kier molecular flexibility index (Phi) is 3.22. The molecule has 0 saturated heterocycles. The van der Waals surface area contributed by atoms with E-state index in [4.69, 9.17) is 11.6 Å². The second-order valence-corrected chi connectivity index (χ2v) is 4.94. The van der Waals surface area contributed by atoms with Crippen molar-refractivity contribution in [1.29, 1.82) is 0 Å². The molecule has 2 aromatic rings. The summed E-state index contributed by atoms with van der Waals surface area (Å²) >= 11 is 7.09. The Bertz CT molecular complexity index is 498. The van der Waals surface area contributed by atoms with Gasteiger partial charge in [0.2, 0.25) is 0 Å². The Morgan fingerprint density at radius 1 is 1.31 bits per heavy atom. The van der Waals surface area contributed by atoms with E-state index in [1.807, 2.05) is 0 Å². The van der Waals surface area contributed by atoms with Crippen LogP contribution in [0.15, 0.2) is 36.7 Å². The van der Waals surface area contributed by atoms with Crippen LogP contribution in [-0.4, -0.2) is 16.1 Å². The van der Waals surface area contributed by atoms with Crippen LogP contribution in [0.4, 0.5) is 0 Å². The van der Waals surface area contributed by atoms with E-state index in [1.54, 1.807) is 36.7 Å². The Hall–Kier alpha value is -1.39. The van der Waals surface area contributed by atoms with Gasteiger partial charge in [0, 0.05) is 17.3 Å². The van der Waals surface area contributed by atoms with Crippen molar-refractivity contribution in [1.82, 2.24) is 4.98 Å². The Morgan fingerprint density at radius 2 is 2.00 bits per heavy atom. The van der Waals surface area contributed by atoms with E-state index in [-0.39, 0.29) is 0 Å². The first kappa shape index (κ1) is 11.1. The second-order valence-electron chi connectivity index (χ2n) is 3.19. The van der Waals surface area contributed by atoms with Gasteiger partial charge in [0.15, 0.2) is 0 Å². The van der Waals surface area contributed by atoms with Gasteiger partial charge >= 0.3 is 5.97 Å². The first-order valence-electron chi connectivity index (χ1n) is 4.56. The van der Waals surface area contributed by atoms with Crippen LogP contribution in [-0.2, 0) is 4.79 Å². The number of halogens is 1. The lowest BCUT2D eigenvalue weighted by Crippen LogP contribution is -2.11. The van der Waals surface area contributed by atoms with Crippen LogP contribution in [0.3, 0.4) is 0 Å². The van der Waals surface area contributed by atoms with Gasteiger partial charge in [0.25, 0.3) is 0 Å². The molecule has 0 spiro atoms. The first-order valence-corrected chi connectivity index (χ1v) is 5.76. The molecule has 0 radical (unpaired) electrons. The number of rotatable bonds is 3. The third-order valence-corrected chi connectivity index (χ3v) is 3.46. The summed E-state index contributed by atoms with van der Waals surface area (Å²) in [6, 6.07) is 6.85. The highest BCUT2D eigenvalue weighted by atomic mass is 35.5. The molecular formula is C11H8ClNO2S. The zero-order valence-corrected chi connectivity index (χ0v) is 9.70. The van der Waals surface area contributed by atoms with Crippen molar-refractivity contribution in [2.45, 2.75) is 5.92 Å². The number of pyridine rings is 1. The molecule has 3 nitrogen and oxygen atoms in total. The number of aliphatic carboxylic acids is 1. The Labute approximate surface area is 101 Å². The van der Waals surface area contributed by atoms with Gasteiger partial charge in [-0.05, 0) is 29.8 Å². The van der Waals surface area contributed by atoms with E-state index in [0.29, 0.717) is 9.90 Å². The fraction of sp³-hybridized carbons (Fsp3) is 0.0909. The molecule has 0 saturated carbocycles. The van der Waals surface area contributed by atoms with Crippen molar-refractivity contribution < 1.29 is 9.90 Å². The van der Waals surface area contributed by atoms with Crippen molar-refractivity contribution in [3.05, 3.63) is 51.4 Å². The number of hydrogen-bond donors (Lipinski definition) is 1.